The molecule has 2 rings (SSSR count). The Morgan fingerprint density at radius 1 is 1.63 bits per heavy atom. The minimum Gasteiger partial charge on any atom is -0.350 e. The zero-order valence-corrected chi connectivity index (χ0v) is 13.4. The average molecular weight is 343 g/mol. The molecule has 0 radical (unpaired) electrons. The maximum Gasteiger partial charge on any atom is 0.222 e. The van der Waals surface area contributed by atoms with Crippen molar-refractivity contribution in [1.29, 1.82) is 0 Å². The molecule has 1 aliphatic rings. The van der Waals surface area contributed by atoms with Gasteiger partial charge in [0.05, 0.1) is 6.04 Å². The third-order valence-electron chi connectivity index (χ3n) is 3.16. The number of hydrogen-bond donors (Lipinski definition) is 2. The summed E-state index contributed by atoms with van der Waals surface area (Å²) in [5.41, 5.74) is 1.12. The minimum atomic E-state index is 0.0428. The Bertz CT molecular complexity index is 435. The monoisotopic (exact) mass is 342 g/mol. The van der Waals surface area contributed by atoms with Crippen LogP contribution in [0.4, 0.5) is 0 Å². The molecular weight excluding hydrogens is 324 g/mol. The molecule has 3 nitrogen and oxygen atoms in total. The molecule has 0 aliphatic carbocycles. The summed E-state index contributed by atoms with van der Waals surface area (Å²) in [6, 6.07) is 8.40. The van der Waals surface area contributed by atoms with Crippen molar-refractivity contribution in [2.45, 2.75) is 25.4 Å². The van der Waals surface area contributed by atoms with Crippen molar-refractivity contribution in [1.82, 2.24) is 10.6 Å². The lowest BCUT2D eigenvalue weighted by Gasteiger charge is -2.23. The van der Waals surface area contributed by atoms with E-state index in [9.17, 15) is 4.79 Å². The van der Waals surface area contributed by atoms with Crippen LogP contribution in [0.2, 0.25) is 0 Å². The lowest BCUT2D eigenvalue weighted by atomic mass is 10.1. The molecule has 1 aromatic carbocycles. The molecule has 1 heterocycles. The van der Waals surface area contributed by atoms with E-state index in [0.29, 0.717) is 12.5 Å². The maximum absolute atomic E-state index is 12.0. The van der Waals surface area contributed by atoms with E-state index >= 15 is 0 Å². The van der Waals surface area contributed by atoms with Crippen LogP contribution in [-0.4, -0.2) is 30.0 Å². The van der Waals surface area contributed by atoms with Crippen LogP contribution in [0.15, 0.2) is 28.7 Å². The number of carbonyl (C=O) groups excluding carboxylic acids is 1. The first-order chi connectivity index (χ1) is 9.15. The number of carbonyl (C=O) groups is 1. The third kappa shape index (κ3) is 4.82. The van der Waals surface area contributed by atoms with Gasteiger partial charge in [0.2, 0.25) is 5.91 Å². The fraction of sp³-hybridized carbons (Fsp3) is 0.500. The van der Waals surface area contributed by atoms with Crippen LogP contribution < -0.4 is 10.6 Å². The van der Waals surface area contributed by atoms with Crippen LogP contribution in [0.25, 0.3) is 0 Å². The van der Waals surface area contributed by atoms with E-state index in [4.69, 9.17) is 0 Å². The number of nitrogens with one attached hydrogen (secondary N) is 2. The van der Waals surface area contributed by atoms with Crippen molar-refractivity contribution in [3.63, 3.8) is 0 Å². The largest absolute Gasteiger partial charge is 0.350 e. The van der Waals surface area contributed by atoms with Crippen molar-refractivity contribution in [2.75, 3.05) is 18.1 Å². The Morgan fingerprint density at radius 3 is 3.16 bits per heavy atom. The van der Waals surface area contributed by atoms with Gasteiger partial charge in [-0.2, -0.15) is 11.8 Å². The van der Waals surface area contributed by atoms with E-state index in [1.165, 1.54) is 0 Å². The number of thioether (sulfide) groups is 1. The predicted molar refractivity (Wildman–Crippen MR) is 84.4 cm³/mol. The van der Waals surface area contributed by atoms with Gasteiger partial charge in [-0.3, -0.25) is 4.79 Å². The molecule has 1 saturated heterocycles. The molecule has 1 amide bonds. The molecule has 1 aliphatic heterocycles. The van der Waals surface area contributed by atoms with E-state index in [1.807, 2.05) is 43.0 Å². The first-order valence-electron chi connectivity index (χ1n) is 6.51. The fourth-order valence-electron chi connectivity index (χ4n) is 2.13. The smallest absolute Gasteiger partial charge is 0.222 e. The molecule has 0 bridgehead atoms. The molecule has 0 saturated carbocycles. The van der Waals surface area contributed by atoms with Crippen molar-refractivity contribution in [3.8, 4) is 0 Å². The van der Waals surface area contributed by atoms with Crippen molar-refractivity contribution >= 4 is 33.6 Å². The zero-order valence-electron chi connectivity index (χ0n) is 11.0. The second-order valence-electron chi connectivity index (χ2n) is 4.77. The van der Waals surface area contributed by atoms with Crippen molar-refractivity contribution in [3.05, 3.63) is 34.3 Å². The molecule has 104 valence electrons. The van der Waals surface area contributed by atoms with Gasteiger partial charge in [-0.15, -0.1) is 0 Å². The zero-order chi connectivity index (χ0) is 13.7. The van der Waals surface area contributed by atoms with Gasteiger partial charge >= 0.3 is 0 Å². The van der Waals surface area contributed by atoms with Crippen molar-refractivity contribution in [2.24, 2.45) is 0 Å². The Labute approximate surface area is 127 Å². The Balaban J connectivity index is 1.84. The summed E-state index contributed by atoms with van der Waals surface area (Å²) in [5, 5.41) is 6.44. The molecule has 2 N–H and O–H groups in total. The third-order valence-corrected chi connectivity index (χ3v) is 4.78. The van der Waals surface area contributed by atoms with E-state index in [1.54, 1.807) is 0 Å². The minimum absolute atomic E-state index is 0.0428. The lowest BCUT2D eigenvalue weighted by Crippen LogP contribution is -2.41. The summed E-state index contributed by atoms with van der Waals surface area (Å²) in [4.78, 5) is 12.0. The van der Waals surface area contributed by atoms with Crippen LogP contribution in [0.1, 0.15) is 24.9 Å². The van der Waals surface area contributed by atoms with Crippen molar-refractivity contribution < 1.29 is 4.79 Å². The number of rotatable bonds is 4. The first-order valence-corrected chi connectivity index (χ1v) is 8.46. The van der Waals surface area contributed by atoms with Gasteiger partial charge in [-0.1, -0.05) is 28.1 Å². The SMILES string of the molecule is CC(NC(=O)CC1CSCCN1)c1cccc(Br)c1. The Hall–Kier alpha value is -0.520. The van der Waals surface area contributed by atoms with Gasteiger partial charge in [0.15, 0.2) is 0 Å². The van der Waals surface area contributed by atoms with Crippen LogP contribution in [0.5, 0.6) is 0 Å². The molecule has 0 spiro atoms. The predicted octanol–water partition coefficient (Wildman–Crippen LogP) is 2.72. The van der Waals surface area contributed by atoms with E-state index in [0.717, 1.165) is 28.1 Å². The highest BCUT2D eigenvalue weighted by atomic mass is 79.9. The summed E-state index contributed by atoms with van der Waals surface area (Å²) in [6.45, 7) is 3.02. The molecule has 19 heavy (non-hydrogen) atoms. The van der Waals surface area contributed by atoms with Gasteiger partial charge in [-0.25, -0.2) is 0 Å². The van der Waals surface area contributed by atoms with E-state index < -0.39 is 0 Å². The van der Waals surface area contributed by atoms with E-state index in [2.05, 4.69) is 26.6 Å². The summed E-state index contributed by atoms with van der Waals surface area (Å²) in [7, 11) is 0. The number of benzene rings is 1. The first kappa shape index (κ1) is 14.9. The molecular formula is C14H19BrN2OS. The quantitative estimate of drug-likeness (QED) is 0.883. The molecule has 1 aromatic rings. The molecule has 2 atom stereocenters. The molecule has 2 unspecified atom stereocenters. The summed E-state index contributed by atoms with van der Waals surface area (Å²) in [6.07, 6.45) is 0.561. The summed E-state index contributed by atoms with van der Waals surface area (Å²) in [5.74, 6) is 2.29. The normalized spacial score (nSPS) is 20.8. The molecule has 5 heteroatoms. The van der Waals surface area contributed by atoms with Gasteiger partial charge in [0.25, 0.3) is 0 Å². The van der Waals surface area contributed by atoms with Crippen LogP contribution >= 0.6 is 27.7 Å². The van der Waals surface area contributed by atoms with Gasteiger partial charge in [0.1, 0.15) is 0 Å². The molecule has 1 fully saturated rings. The summed E-state index contributed by atoms with van der Waals surface area (Å²) >= 11 is 5.36. The highest BCUT2D eigenvalue weighted by molar-refractivity contribution is 9.10. The second kappa shape index (κ2) is 7.31. The fourth-order valence-corrected chi connectivity index (χ4v) is 3.50. The lowest BCUT2D eigenvalue weighted by molar-refractivity contribution is -0.122. The second-order valence-corrected chi connectivity index (χ2v) is 6.84. The van der Waals surface area contributed by atoms with Crippen LogP contribution in [-0.2, 0) is 4.79 Å². The van der Waals surface area contributed by atoms with Crippen LogP contribution in [0, 0.1) is 0 Å². The Morgan fingerprint density at radius 2 is 2.47 bits per heavy atom. The number of hydrogen-bond acceptors (Lipinski definition) is 3. The van der Waals surface area contributed by atoms with Crippen LogP contribution in [0.3, 0.4) is 0 Å². The average Bonchev–Trinajstić information content (AvgIpc) is 2.39. The highest BCUT2D eigenvalue weighted by Crippen LogP contribution is 2.18. The number of amides is 1. The molecule has 0 aromatic heterocycles. The number of halogens is 1. The summed E-state index contributed by atoms with van der Waals surface area (Å²) < 4.78 is 1.04. The standard InChI is InChI=1S/C14H19BrN2OS/c1-10(11-3-2-4-12(15)7-11)17-14(18)8-13-9-19-6-5-16-13/h2-4,7,10,13,16H,5-6,8-9H2,1H3,(H,17,18). The Kier molecular flexibility index (Phi) is 5.73. The topological polar surface area (TPSA) is 41.1 Å². The van der Waals surface area contributed by atoms with E-state index in [-0.39, 0.29) is 11.9 Å². The van der Waals surface area contributed by atoms with Gasteiger partial charge in [-0.05, 0) is 24.6 Å². The van der Waals surface area contributed by atoms with Gasteiger partial charge in [0, 0.05) is 35.0 Å². The maximum atomic E-state index is 12.0. The highest BCUT2D eigenvalue weighted by Gasteiger charge is 2.18. The van der Waals surface area contributed by atoms with Gasteiger partial charge < -0.3 is 10.6 Å².